The first-order valence-corrected chi connectivity index (χ1v) is 8.47. The Labute approximate surface area is 140 Å². The molecule has 0 aliphatic heterocycles. The molecule has 124 valence electrons. The highest BCUT2D eigenvalue weighted by Crippen LogP contribution is 2.28. The number of thioether (sulfide) groups is 1. The molecule has 0 saturated carbocycles. The van der Waals surface area contributed by atoms with Crippen molar-refractivity contribution in [1.29, 1.82) is 0 Å². The van der Waals surface area contributed by atoms with Crippen LogP contribution >= 0.6 is 11.8 Å². The van der Waals surface area contributed by atoms with Crippen molar-refractivity contribution in [2.24, 2.45) is 5.10 Å². The maximum atomic E-state index is 5.71. The summed E-state index contributed by atoms with van der Waals surface area (Å²) in [5.74, 6) is 3.08. The highest BCUT2D eigenvalue weighted by atomic mass is 32.2. The Bertz CT molecular complexity index is 683. The summed E-state index contributed by atoms with van der Waals surface area (Å²) in [6.07, 6.45) is 1.86. The molecular formula is C16H22N4O2S. The quantitative estimate of drug-likeness (QED) is 0.574. The zero-order valence-corrected chi connectivity index (χ0v) is 14.9. The van der Waals surface area contributed by atoms with Crippen LogP contribution in [0.3, 0.4) is 0 Å². The summed E-state index contributed by atoms with van der Waals surface area (Å²) >= 11 is 1.61. The molecule has 0 atom stereocenters. The summed E-state index contributed by atoms with van der Waals surface area (Å²) in [5, 5.41) is 13.4. The van der Waals surface area contributed by atoms with Crippen LogP contribution in [0.5, 0.6) is 11.5 Å². The van der Waals surface area contributed by atoms with Crippen LogP contribution < -0.4 is 9.47 Å². The fourth-order valence-electron chi connectivity index (χ4n) is 1.93. The van der Waals surface area contributed by atoms with Gasteiger partial charge in [0.1, 0.15) is 0 Å². The smallest absolute Gasteiger partial charge is 0.212 e. The van der Waals surface area contributed by atoms with E-state index >= 15 is 0 Å². The van der Waals surface area contributed by atoms with E-state index in [2.05, 4.69) is 22.2 Å². The molecule has 1 aromatic carbocycles. The van der Waals surface area contributed by atoms with Gasteiger partial charge in [0.15, 0.2) is 17.3 Å². The molecule has 1 heterocycles. The van der Waals surface area contributed by atoms with Crippen molar-refractivity contribution in [1.82, 2.24) is 14.9 Å². The largest absolute Gasteiger partial charge is 0.493 e. The number of ether oxygens (including phenoxy) is 2. The lowest BCUT2D eigenvalue weighted by Gasteiger charge is -2.13. The number of benzene rings is 1. The van der Waals surface area contributed by atoms with Crippen molar-refractivity contribution in [3.05, 3.63) is 29.6 Å². The predicted molar refractivity (Wildman–Crippen MR) is 92.9 cm³/mol. The molecular weight excluding hydrogens is 312 g/mol. The van der Waals surface area contributed by atoms with Gasteiger partial charge in [0.25, 0.3) is 0 Å². The molecule has 0 saturated heterocycles. The topological polar surface area (TPSA) is 61.5 Å². The van der Waals surface area contributed by atoms with Crippen molar-refractivity contribution < 1.29 is 9.47 Å². The lowest BCUT2D eigenvalue weighted by molar-refractivity contribution is 0.230. The number of rotatable bonds is 7. The SMILES string of the molecule is CCSc1nnc(C)n1/N=C\c1ccc(OC(C)C)c(OC)c1. The summed E-state index contributed by atoms with van der Waals surface area (Å²) in [6.45, 7) is 7.92. The molecule has 0 aliphatic carbocycles. The molecule has 0 unspecified atom stereocenters. The van der Waals surface area contributed by atoms with Gasteiger partial charge in [-0.2, -0.15) is 9.78 Å². The van der Waals surface area contributed by atoms with E-state index in [9.17, 15) is 0 Å². The van der Waals surface area contributed by atoms with Gasteiger partial charge >= 0.3 is 0 Å². The van der Waals surface area contributed by atoms with Crippen LogP contribution in [0.15, 0.2) is 28.5 Å². The molecule has 2 aromatic rings. The minimum absolute atomic E-state index is 0.0942. The van der Waals surface area contributed by atoms with Gasteiger partial charge in [0.2, 0.25) is 5.16 Å². The molecule has 6 nitrogen and oxygen atoms in total. The summed E-state index contributed by atoms with van der Waals surface area (Å²) in [5.41, 5.74) is 0.915. The minimum atomic E-state index is 0.0942. The first-order chi connectivity index (χ1) is 11.0. The molecule has 2 rings (SSSR count). The van der Waals surface area contributed by atoms with Crippen LogP contribution in [0.2, 0.25) is 0 Å². The van der Waals surface area contributed by atoms with Gasteiger partial charge in [-0.1, -0.05) is 18.7 Å². The second-order valence-electron chi connectivity index (χ2n) is 5.10. The fraction of sp³-hybridized carbons (Fsp3) is 0.438. The monoisotopic (exact) mass is 334 g/mol. The summed E-state index contributed by atoms with van der Waals surface area (Å²) in [4.78, 5) is 0. The van der Waals surface area contributed by atoms with Gasteiger partial charge in [-0.05, 0) is 50.3 Å². The van der Waals surface area contributed by atoms with E-state index in [1.165, 1.54) is 0 Å². The van der Waals surface area contributed by atoms with E-state index in [4.69, 9.17) is 9.47 Å². The summed E-state index contributed by atoms with van der Waals surface area (Å²) < 4.78 is 12.8. The van der Waals surface area contributed by atoms with Gasteiger partial charge in [-0.25, -0.2) is 0 Å². The first-order valence-electron chi connectivity index (χ1n) is 7.49. The van der Waals surface area contributed by atoms with E-state index in [1.54, 1.807) is 29.8 Å². The van der Waals surface area contributed by atoms with Crippen LogP contribution in [0, 0.1) is 6.92 Å². The molecule has 0 spiro atoms. The van der Waals surface area contributed by atoms with E-state index < -0.39 is 0 Å². The van der Waals surface area contributed by atoms with E-state index in [0.29, 0.717) is 5.75 Å². The third-order valence-corrected chi connectivity index (χ3v) is 3.72. The van der Waals surface area contributed by atoms with E-state index in [-0.39, 0.29) is 6.10 Å². The second kappa shape index (κ2) is 8.01. The van der Waals surface area contributed by atoms with Crippen LogP contribution in [0.4, 0.5) is 0 Å². The van der Waals surface area contributed by atoms with Crippen molar-refractivity contribution in [3.63, 3.8) is 0 Å². The van der Waals surface area contributed by atoms with E-state index in [0.717, 1.165) is 28.0 Å². The van der Waals surface area contributed by atoms with E-state index in [1.807, 2.05) is 39.0 Å². The standard InChI is InChI=1S/C16H22N4O2S/c1-6-23-16-19-18-12(4)20(16)17-10-13-7-8-14(22-11(2)3)15(9-13)21-5/h7-11H,6H2,1-5H3/b17-10-. The molecule has 0 amide bonds. The third kappa shape index (κ3) is 4.48. The molecule has 0 aliphatic rings. The van der Waals surface area contributed by atoms with Crippen LogP contribution in [0.1, 0.15) is 32.2 Å². The first kappa shape index (κ1) is 17.3. The highest BCUT2D eigenvalue weighted by Gasteiger charge is 2.09. The molecule has 0 N–H and O–H groups in total. The van der Waals surface area contributed by atoms with Crippen LogP contribution in [0.25, 0.3) is 0 Å². The van der Waals surface area contributed by atoms with Crippen molar-refractivity contribution in [3.8, 4) is 11.5 Å². The third-order valence-electron chi connectivity index (χ3n) is 2.91. The fourth-order valence-corrected chi connectivity index (χ4v) is 2.59. The van der Waals surface area contributed by atoms with Crippen molar-refractivity contribution >= 4 is 18.0 Å². The zero-order valence-electron chi connectivity index (χ0n) is 14.1. The molecule has 0 fully saturated rings. The predicted octanol–water partition coefficient (Wildman–Crippen LogP) is 3.38. The Hall–Kier alpha value is -2.02. The lowest BCUT2D eigenvalue weighted by atomic mass is 10.2. The van der Waals surface area contributed by atoms with Gasteiger partial charge in [0.05, 0.1) is 19.4 Å². The Morgan fingerprint density at radius 3 is 2.74 bits per heavy atom. The molecule has 0 radical (unpaired) electrons. The molecule has 0 bridgehead atoms. The molecule has 23 heavy (non-hydrogen) atoms. The zero-order chi connectivity index (χ0) is 16.8. The Balaban J connectivity index is 2.24. The van der Waals surface area contributed by atoms with Crippen LogP contribution in [-0.4, -0.2) is 40.1 Å². The Morgan fingerprint density at radius 1 is 1.30 bits per heavy atom. The van der Waals surface area contributed by atoms with Gasteiger partial charge in [-0.3, -0.25) is 0 Å². The number of aryl methyl sites for hydroxylation is 1. The second-order valence-corrected chi connectivity index (χ2v) is 6.33. The number of aromatic nitrogens is 3. The number of nitrogens with zero attached hydrogens (tertiary/aromatic N) is 4. The van der Waals surface area contributed by atoms with Crippen LogP contribution in [-0.2, 0) is 0 Å². The lowest BCUT2D eigenvalue weighted by Crippen LogP contribution is -2.06. The number of methoxy groups -OCH3 is 1. The normalized spacial score (nSPS) is 11.4. The van der Waals surface area contributed by atoms with Crippen molar-refractivity contribution in [2.45, 2.75) is 39.0 Å². The van der Waals surface area contributed by atoms with Gasteiger partial charge < -0.3 is 9.47 Å². The Morgan fingerprint density at radius 2 is 2.09 bits per heavy atom. The molecule has 7 heteroatoms. The Kier molecular flexibility index (Phi) is 6.04. The summed E-state index contributed by atoms with van der Waals surface area (Å²) in [7, 11) is 1.63. The number of hydrogen-bond acceptors (Lipinski definition) is 6. The minimum Gasteiger partial charge on any atom is -0.493 e. The average Bonchev–Trinajstić information content (AvgIpc) is 2.86. The maximum absolute atomic E-state index is 5.71. The number of hydrogen-bond donors (Lipinski definition) is 0. The van der Waals surface area contributed by atoms with Gasteiger partial charge in [-0.15, -0.1) is 10.2 Å². The van der Waals surface area contributed by atoms with Gasteiger partial charge in [0, 0.05) is 0 Å². The highest BCUT2D eigenvalue weighted by molar-refractivity contribution is 7.99. The van der Waals surface area contributed by atoms with Crippen molar-refractivity contribution in [2.75, 3.05) is 12.9 Å². The average molecular weight is 334 g/mol. The summed E-state index contributed by atoms with van der Waals surface area (Å²) in [6, 6.07) is 5.73. The maximum Gasteiger partial charge on any atom is 0.212 e. The molecule has 1 aromatic heterocycles.